The smallest absolute Gasteiger partial charge is 0.243 e. The molecule has 0 atom stereocenters. The lowest BCUT2D eigenvalue weighted by atomic mass is 9.49. The van der Waals surface area contributed by atoms with Crippen LogP contribution in [0.2, 0.25) is 0 Å². The Morgan fingerprint density at radius 1 is 1.00 bits per heavy atom. The number of anilines is 1. The SMILES string of the molecule is O=C(CC12CC3CC(CC(C3)C1)C2)NCC(=O)Nc1ccc(-n2ccnc2)cc1. The molecule has 1 aromatic heterocycles. The third-order valence-corrected chi connectivity index (χ3v) is 7.10. The summed E-state index contributed by atoms with van der Waals surface area (Å²) in [5.74, 6) is 2.34. The lowest BCUT2D eigenvalue weighted by Crippen LogP contribution is -2.48. The highest BCUT2D eigenvalue weighted by molar-refractivity contribution is 5.94. The molecule has 0 aliphatic heterocycles. The average Bonchev–Trinajstić information content (AvgIpc) is 3.20. The fourth-order valence-corrected chi connectivity index (χ4v) is 6.42. The number of nitrogens with zero attached hydrogens (tertiary/aromatic N) is 2. The van der Waals surface area contributed by atoms with Crippen molar-refractivity contribution in [3.05, 3.63) is 43.0 Å². The normalized spacial score (nSPS) is 29.6. The van der Waals surface area contributed by atoms with Crippen LogP contribution in [0.1, 0.15) is 44.9 Å². The van der Waals surface area contributed by atoms with Crippen molar-refractivity contribution in [3.8, 4) is 5.69 Å². The summed E-state index contributed by atoms with van der Waals surface area (Å²) in [6.45, 7) is 0.0223. The van der Waals surface area contributed by atoms with Crippen LogP contribution >= 0.6 is 0 Å². The van der Waals surface area contributed by atoms with E-state index in [2.05, 4.69) is 15.6 Å². The molecule has 2 amide bonds. The molecule has 4 aliphatic carbocycles. The Balaban J connectivity index is 1.11. The molecule has 2 N–H and O–H groups in total. The first-order chi connectivity index (χ1) is 14.1. The zero-order chi connectivity index (χ0) is 19.8. The summed E-state index contributed by atoms with van der Waals surface area (Å²) in [6, 6.07) is 7.54. The molecule has 0 saturated heterocycles. The van der Waals surface area contributed by atoms with Crippen LogP contribution in [-0.2, 0) is 9.59 Å². The second-order valence-corrected chi connectivity index (χ2v) is 9.44. The van der Waals surface area contributed by atoms with E-state index in [1.54, 1.807) is 12.5 Å². The number of rotatable bonds is 6. The maximum atomic E-state index is 12.6. The molecule has 4 saturated carbocycles. The first-order valence-corrected chi connectivity index (χ1v) is 10.7. The van der Waals surface area contributed by atoms with Gasteiger partial charge < -0.3 is 15.2 Å². The van der Waals surface area contributed by atoms with Crippen molar-refractivity contribution in [1.82, 2.24) is 14.9 Å². The van der Waals surface area contributed by atoms with Crippen molar-refractivity contribution in [2.45, 2.75) is 44.9 Å². The minimum absolute atomic E-state index is 0.0223. The third kappa shape index (κ3) is 3.93. The number of hydrogen-bond acceptors (Lipinski definition) is 3. The second-order valence-electron chi connectivity index (χ2n) is 9.44. The van der Waals surface area contributed by atoms with E-state index in [4.69, 9.17) is 0 Å². The Labute approximate surface area is 171 Å². The van der Waals surface area contributed by atoms with Gasteiger partial charge in [0.25, 0.3) is 0 Å². The predicted molar refractivity (Wildman–Crippen MR) is 110 cm³/mol. The lowest BCUT2D eigenvalue weighted by molar-refractivity contribution is -0.131. The van der Waals surface area contributed by atoms with Crippen LogP contribution in [0.15, 0.2) is 43.0 Å². The number of aromatic nitrogens is 2. The summed E-state index contributed by atoms with van der Waals surface area (Å²) in [6.07, 6.45) is 13.7. The number of benzene rings is 1. The van der Waals surface area contributed by atoms with Crippen molar-refractivity contribution in [3.63, 3.8) is 0 Å². The Bertz CT molecular complexity index is 853. The number of amides is 2. The van der Waals surface area contributed by atoms with Crippen LogP contribution in [0.3, 0.4) is 0 Å². The zero-order valence-corrected chi connectivity index (χ0v) is 16.6. The number of imidazole rings is 1. The zero-order valence-electron chi connectivity index (χ0n) is 16.6. The summed E-state index contributed by atoms with van der Waals surface area (Å²) in [5, 5.41) is 5.70. The van der Waals surface area contributed by atoms with Gasteiger partial charge in [0.05, 0.1) is 12.9 Å². The molecule has 4 fully saturated rings. The van der Waals surface area contributed by atoms with Gasteiger partial charge in [0.2, 0.25) is 11.8 Å². The Hall–Kier alpha value is -2.63. The van der Waals surface area contributed by atoms with Gasteiger partial charge in [-0.2, -0.15) is 0 Å². The third-order valence-electron chi connectivity index (χ3n) is 7.10. The van der Waals surface area contributed by atoms with Gasteiger partial charge in [-0.3, -0.25) is 9.59 Å². The maximum Gasteiger partial charge on any atom is 0.243 e. The largest absolute Gasteiger partial charge is 0.347 e. The van der Waals surface area contributed by atoms with Gasteiger partial charge in [-0.05, 0) is 86.0 Å². The molecule has 0 unspecified atom stereocenters. The molecule has 6 nitrogen and oxygen atoms in total. The van der Waals surface area contributed by atoms with Crippen LogP contribution in [0.25, 0.3) is 5.69 Å². The van der Waals surface area contributed by atoms with Gasteiger partial charge in [0, 0.05) is 30.2 Å². The van der Waals surface area contributed by atoms with Crippen LogP contribution in [0.4, 0.5) is 5.69 Å². The monoisotopic (exact) mass is 392 g/mol. The van der Waals surface area contributed by atoms with Gasteiger partial charge in [0.1, 0.15) is 0 Å². The molecule has 29 heavy (non-hydrogen) atoms. The second kappa shape index (κ2) is 7.32. The van der Waals surface area contributed by atoms with Gasteiger partial charge in [-0.1, -0.05) is 0 Å². The minimum Gasteiger partial charge on any atom is -0.347 e. The van der Waals surface area contributed by atoms with Crippen molar-refractivity contribution in [2.75, 3.05) is 11.9 Å². The highest BCUT2D eigenvalue weighted by atomic mass is 16.2. The van der Waals surface area contributed by atoms with E-state index in [-0.39, 0.29) is 23.8 Å². The van der Waals surface area contributed by atoms with Crippen molar-refractivity contribution >= 4 is 17.5 Å². The van der Waals surface area contributed by atoms with E-state index in [1.165, 1.54) is 38.5 Å². The quantitative estimate of drug-likeness (QED) is 0.790. The predicted octanol–water partition coefficient (Wildman–Crippen LogP) is 3.53. The van der Waals surface area contributed by atoms with Crippen molar-refractivity contribution < 1.29 is 9.59 Å². The summed E-state index contributed by atoms with van der Waals surface area (Å²) < 4.78 is 1.90. The average molecular weight is 393 g/mol. The van der Waals surface area contributed by atoms with Crippen molar-refractivity contribution in [2.24, 2.45) is 23.2 Å². The van der Waals surface area contributed by atoms with E-state index in [0.29, 0.717) is 12.1 Å². The number of carbonyl (C=O) groups excluding carboxylic acids is 2. The van der Waals surface area contributed by atoms with E-state index in [1.807, 2.05) is 35.0 Å². The Morgan fingerprint density at radius 2 is 1.66 bits per heavy atom. The molecule has 6 heteroatoms. The van der Waals surface area contributed by atoms with E-state index < -0.39 is 0 Å². The molecule has 0 spiro atoms. The van der Waals surface area contributed by atoms with Crippen LogP contribution in [0, 0.1) is 23.2 Å². The maximum absolute atomic E-state index is 12.6. The summed E-state index contributed by atoms with van der Waals surface area (Å²) in [7, 11) is 0. The van der Waals surface area contributed by atoms with Crippen LogP contribution in [0.5, 0.6) is 0 Å². The van der Waals surface area contributed by atoms with Gasteiger partial charge in [-0.15, -0.1) is 0 Å². The summed E-state index contributed by atoms with van der Waals surface area (Å²) >= 11 is 0. The first-order valence-electron chi connectivity index (χ1n) is 10.7. The van der Waals surface area contributed by atoms with E-state index in [0.717, 1.165) is 23.4 Å². The van der Waals surface area contributed by atoms with E-state index >= 15 is 0 Å². The molecule has 4 bridgehead atoms. The molecule has 6 rings (SSSR count). The lowest BCUT2D eigenvalue weighted by Gasteiger charge is -2.56. The Morgan fingerprint density at radius 3 is 2.24 bits per heavy atom. The Kier molecular flexibility index (Phi) is 4.64. The molecule has 1 heterocycles. The summed E-state index contributed by atoms with van der Waals surface area (Å²) in [4.78, 5) is 28.8. The molecular weight excluding hydrogens is 364 g/mol. The fourth-order valence-electron chi connectivity index (χ4n) is 6.42. The molecule has 0 radical (unpaired) electrons. The molecule has 152 valence electrons. The van der Waals surface area contributed by atoms with Crippen molar-refractivity contribution in [1.29, 1.82) is 0 Å². The van der Waals surface area contributed by atoms with Gasteiger partial charge in [-0.25, -0.2) is 4.98 Å². The topological polar surface area (TPSA) is 76.0 Å². The van der Waals surface area contributed by atoms with Crippen LogP contribution in [-0.4, -0.2) is 27.9 Å². The fraction of sp³-hybridized carbons (Fsp3) is 0.522. The van der Waals surface area contributed by atoms with Gasteiger partial charge >= 0.3 is 0 Å². The highest BCUT2D eigenvalue weighted by Gasteiger charge is 2.51. The molecule has 2 aromatic rings. The molecule has 4 aliphatic rings. The highest BCUT2D eigenvalue weighted by Crippen LogP contribution is 2.61. The molecular formula is C23H28N4O2. The first kappa shape index (κ1) is 18.4. The molecule has 1 aromatic carbocycles. The van der Waals surface area contributed by atoms with E-state index in [9.17, 15) is 9.59 Å². The number of hydrogen-bond donors (Lipinski definition) is 2. The number of nitrogens with one attached hydrogen (secondary N) is 2. The standard InChI is InChI=1S/C23H28N4O2/c28-21(13-23-10-16-7-17(11-23)9-18(8-16)12-23)25-14-22(29)26-19-1-3-20(4-2-19)27-6-5-24-15-27/h1-6,15-18H,7-14H2,(H,25,28)(H,26,29). The van der Waals surface area contributed by atoms with Gasteiger partial charge in [0.15, 0.2) is 0 Å². The van der Waals surface area contributed by atoms with Crippen LogP contribution < -0.4 is 10.6 Å². The number of carbonyl (C=O) groups is 2. The summed E-state index contributed by atoms with van der Waals surface area (Å²) in [5.41, 5.74) is 1.90. The minimum atomic E-state index is -0.195.